The van der Waals surface area contributed by atoms with E-state index in [1.165, 1.54) is 11.8 Å². The number of thioether (sulfide) groups is 1. The average Bonchev–Trinajstić information content (AvgIpc) is 2.71. The molecule has 1 N–H and O–H groups in total. The smallest absolute Gasteiger partial charge is 0.251 e. The third-order valence-corrected chi connectivity index (χ3v) is 5.71. The van der Waals surface area contributed by atoms with Gasteiger partial charge in [-0.15, -0.1) is 13.2 Å². The maximum atomic E-state index is 12.5. The van der Waals surface area contributed by atoms with Gasteiger partial charge in [0.1, 0.15) is 11.0 Å². The van der Waals surface area contributed by atoms with Crippen molar-refractivity contribution in [3.8, 4) is 0 Å². The lowest BCUT2D eigenvalue weighted by molar-refractivity contribution is 0.0930. The van der Waals surface area contributed by atoms with Crippen molar-refractivity contribution < 1.29 is 4.79 Å². The first kappa shape index (κ1) is 24.0. The fourth-order valence-electron chi connectivity index (χ4n) is 2.59. The second-order valence-corrected chi connectivity index (χ2v) is 8.64. The Morgan fingerprint density at radius 3 is 2.53 bits per heavy atom. The Bertz CT molecular complexity index is 877. The first-order valence-corrected chi connectivity index (χ1v) is 11.2. The van der Waals surface area contributed by atoms with Crippen LogP contribution in [0.4, 0.5) is 5.82 Å². The van der Waals surface area contributed by atoms with Crippen molar-refractivity contribution >= 4 is 35.1 Å². The highest BCUT2D eigenvalue weighted by atomic mass is 35.5. The maximum Gasteiger partial charge on any atom is 0.251 e. The van der Waals surface area contributed by atoms with Gasteiger partial charge in [-0.1, -0.05) is 61.5 Å². The predicted octanol–water partition coefficient (Wildman–Crippen LogP) is 5.38. The summed E-state index contributed by atoms with van der Waals surface area (Å²) in [6.45, 7) is 15.0. The van der Waals surface area contributed by atoms with Crippen LogP contribution in [0.2, 0.25) is 5.15 Å². The van der Waals surface area contributed by atoms with Crippen LogP contribution in [0.25, 0.3) is 0 Å². The molecule has 0 saturated carbocycles. The topological polar surface area (TPSA) is 58.1 Å². The molecule has 1 heterocycles. The van der Waals surface area contributed by atoms with E-state index in [0.29, 0.717) is 40.6 Å². The highest BCUT2D eigenvalue weighted by molar-refractivity contribution is 7.98. The van der Waals surface area contributed by atoms with Gasteiger partial charge in [0.15, 0.2) is 5.16 Å². The van der Waals surface area contributed by atoms with E-state index in [1.54, 1.807) is 6.07 Å². The van der Waals surface area contributed by atoms with E-state index >= 15 is 0 Å². The second kappa shape index (κ2) is 11.8. The van der Waals surface area contributed by atoms with Crippen LogP contribution in [0.5, 0.6) is 0 Å². The molecule has 1 atom stereocenters. The van der Waals surface area contributed by atoms with E-state index < -0.39 is 0 Å². The molecule has 0 spiro atoms. The normalized spacial score (nSPS) is 11.8. The van der Waals surface area contributed by atoms with Crippen LogP contribution in [0.15, 0.2) is 60.8 Å². The molecule has 5 nitrogen and oxygen atoms in total. The van der Waals surface area contributed by atoms with E-state index in [1.807, 2.05) is 48.2 Å². The summed E-state index contributed by atoms with van der Waals surface area (Å²) in [6.07, 6.45) is 3.62. The summed E-state index contributed by atoms with van der Waals surface area (Å²) < 4.78 is 0. The first-order chi connectivity index (χ1) is 14.3. The molecule has 7 heteroatoms. The average molecular weight is 445 g/mol. The lowest BCUT2D eigenvalue weighted by Crippen LogP contribution is -2.36. The van der Waals surface area contributed by atoms with Crippen LogP contribution in [-0.4, -0.2) is 35.0 Å². The molecule has 1 unspecified atom stereocenters. The molecule has 0 fully saturated rings. The van der Waals surface area contributed by atoms with Crippen molar-refractivity contribution in [2.75, 3.05) is 18.0 Å². The zero-order valence-electron chi connectivity index (χ0n) is 17.8. The van der Waals surface area contributed by atoms with Gasteiger partial charge in [0.25, 0.3) is 5.91 Å². The fourth-order valence-corrected chi connectivity index (χ4v) is 3.62. The number of amides is 1. The van der Waals surface area contributed by atoms with Gasteiger partial charge in [0.05, 0.1) is 0 Å². The second-order valence-electron chi connectivity index (χ2n) is 7.31. The van der Waals surface area contributed by atoms with Gasteiger partial charge >= 0.3 is 0 Å². The zero-order valence-corrected chi connectivity index (χ0v) is 19.3. The maximum absolute atomic E-state index is 12.5. The molecule has 0 aliphatic carbocycles. The number of halogens is 1. The van der Waals surface area contributed by atoms with Crippen LogP contribution in [0.3, 0.4) is 0 Å². The van der Waals surface area contributed by atoms with Gasteiger partial charge in [0, 0.05) is 36.5 Å². The summed E-state index contributed by atoms with van der Waals surface area (Å²) in [5, 5.41) is 4.01. The number of aromatic nitrogens is 2. The number of anilines is 1. The minimum atomic E-state index is -0.0613. The summed E-state index contributed by atoms with van der Waals surface area (Å²) in [5.41, 5.74) is 1.67. The molecule has 30 heavy (non-hydrogen) atoms. The van der Waals surface area contributed by atoms with Crippen LogP contribution < -0.4 is 10.2 Å². The number of hydrogen-bond acceptors (Lipinski definition) is 5. The summed E-state index contributed by atoms with van der Waals surface area (Å²) in [5.74, 6) is 1.68. The summed E-state index contributed by atoms with van der Waals surface area (Å²) in [6, 6.07) is 9.46. The molecule has 0 aliphatic heterocycles. The Kier molecular flexibility index (Phi) is 9.40. The van der Waals surface area contributed by atoms with Crippen LogP contribution in [-0.2, 0) is 5.75 Å². The largest absolute Gasteiger partial charge is 0.349 e. The molecule has 0 radical (unpaired) electrons. The Labute approximate surface area is 188 Å². The number of rotatable bonds is 11. The molecule has 160 valence electrons. The third-order valence-electron chi connectivity index (χ3n) is 4.60. The van der Waals surface area contributed by atoms with Crippen molar-refractivity contribution in [3.05, 3.63) is 71.9 Å². The van der Waals surface area contributed by atoms with Crippen molar-refractivity contribution in [2.24, 2.45) is 5.92 Å². The van der Waals surface area contributed by atoms with Gasteiger partial charge < -0.3 is 10.2 Å². The predicted molar refractivity (Wildman–Crippen MR) is 127 cm³/mol. The van der Waals surface area contributed by atoms with Gasteiger partial charge in [-0.3, -0.25) is 4.79 Å². The van der Waals surface area contributed by atoms with Crippen molar-refractivity contribution in [3.63, 3.8) is 0 Å². The Morgan fingerprint density at radius 1 is 1.20 bits per heavy atom. The zero-order chi connectivity index (χ0) is 22.1. The summed E-state index contributed by atoms with van der Waals surface area (Å²) in [7, 11) is 0. The Balaban J connectivity index is 2.11. The van der Waals surface area contributed by atoms with Crippen LogP contribution >= 0.6 is 23.4 Å². The molecule has 0 aliphatic rings. The first-order valence-electron chi connectivity index (χ1n) is 9.88. The van der Waals surface area contributed by atoms with Crippen LogP contribution in [0.1, 0.15) is 36.7 Å². The van der Waals surface area contributed by atoms with Crippen molar-refractivity contribution in [1.82, 2.24) is 15.3 Å². The van der Waals surface area contributed by atoms with Gasteiger partial charge in [-0.2, -0.15) is 0 Å². The number of hydrogen-bond donors (Lipinski definition) is 1. The van der Waals surface area contributed by atoms with E-state index in [-0.39, 0.29) is 11.9 Å². The van der Waals surface area contributed by atoms with E-state index in [4.69, 9.17) is 11.6 Å². The molecule has 0 saturated heterocycles. The van der Waals surface area contributed by atoms with E-state index in [9.17, 15) is 4.79 Å². The Hall–Kier alpha value is -2.31. The third kappa shape index (κ3) is 7.18. The molecule has 1 amide bonds. The molecule has 2 rings (SSSR count). The monoisotopic (exact) mass is 444 g/mol. The lowest BCUT2D eigenvalue weighted by atomic mass is 10.1. The lowest BCUT2D eigenvalue weighted by Gasteiger charge is -2.20. The molecular formula is C23H29ClN4OS. The van der Waals surface area contributed by atoms with Gasteiger partial charge in [-0.25, -0.2) is 9.97 Å². The van der Waals surface area contributed by atoms with Gasteiger partial charge in [0.2, 0.25) is 0 Å². The standard InChI is InChI=1S/C23H29ClN4OS/c1-6-11-28(12-7-2)21-14-20(24)26-23(27-21)30-15-18-9-8-10-19(13-18)22(29)25-17(5)16(3)4/h6-10,13-14,16-17H,1-2,11-12,15H2,3-5H3,(H,25,29). The molecule has 1 aromatic carbocycles. The number of nitrogens with zero attached hydrogens (tertiary/aromatic N) is 3. The fraction of sp³-hybridized carbons (Fsp3) is 0.348. The van der Waals surface area contributed by atoms with Crippen molar-refractivity contribution in [2.45, 2.75) is 37.7 Å². The van der Waals surface area contributed by atoms with Crippen LogP contribution in [0, 0.1) is 5.92 Å². The summed E-state index contributed by atoms with van der Waals surface area (Å²) >= 11 is 7.70. The minimum Gasteiger partial charge on any atom is -0.349 e. The summed E-state index contributed by atoms with van der Waals surface area (Å²) in [4.78, 5) is 23.5. The highest BCUT2D eigenvalue weighted by Gasteiger charge is 2.14. The minimum absolute atomic E-state index is 0.0613. The number of carbonyl (C=O) groups excluding carboxylic acids is 1. The SMILES string of the molecule is C=CCN(CC=C)c1cc(Cl)nc(SCc2cccc(C(=O)NC(C)C(C)C)c2)n1. The van der Waals surface area contributed by atoms with Crippen molar-refractivity contribution in [1.29, 1.82) is 0 Å². The molecule has 2 aromatic rings. The number of benzene rings is 1. The Morgan fingerprint density at radius 2 is 1.90 bits per heavy atom. The number of nitrogens with one attached hydrogen (secondary N) is 1. The molecule has 1 aromatic heterocycles. The van der Waals surface area contributed by atoms with E-state index in [0.717, 1.165) is 11.4 Å². The molecule has 0 bridgehead atoms. The molecular weight excluding hydrogens is 416 g/mol. The van der Waals surface area contributed by atoms with Gasteiger partial charge in [-0.05, 0) is 30.5 Å². The van der Waals surface area contributed by atoms with E-state index in [2.05, 4.69) is 42.3 Å². The quantitative estimate of drug-likeness (QED) is 0.218. The highest BCUT2D eigenvalue weighted by Crippen LogP contribution is 2.25. The number of carbonyl (C=O) groups is 1.